The van der Waals surface area contributed by atoms with E-state index < -0.39 is 0 Å². The van der Waals surface area contributed by atoms with Crippen LogP contribution in [0.15, 0.2) is 42.5 Å². The fourth-order valence-corrected chi connectivity index (χ4v) is 2.87. The number of rotatable bonds is 7. The Balaban J connectivity index is 1.94. The van der Waals surface area contributed by atoms with Gasteiger partial charge in [0.25, 0.3) is 0 Å². The van der Waals surface area contributed by atoms with Gasteiger partial charge in [0.15, 0.2) is 0 Å². The van der Waals surface area contributed by atoms with Gasteiger partial charge in [-0.3, -0.25) is 0 Å². The van der Waals surface area contributed by atoms with E-state index in [1.165, 1.54) is 22.3 Å². The molecule has 1 unspecified atom stereocenters. The van der Waals surface area contributed by atoms with E-state index in [1.54, 1.807) is 0 Å². The third-order valence-corrected chi connectivity index (χ3v) is 4.44. The molecule has 124 valence electrons. The van der Waals surface area contributed by atoms with Gasteiger partial charge in [-0.25, -0.2) is 0 Å². The molecule has 2 rings (SSSR count). The zero-order chi connectivity index (χ0) is 16.8. The monoisotopic (exact) mass is 311 g/mol. The Morgan fingerprint density at radius 2 is 1.70 bits per heavy atom. The first kappa shape index (κ1) is 17.6. The van der Waals surface area contributed by atoms with Crippen molar-refractivity contribution in [2.24, 2.45) is 5.73 Å². The maximum Gasteiger partial charge on any atom is 0.119 e. The summed E-state index contributed by atoms with van der Waals surface area (Å²) in [7, 11) is 0. The van der Waals surface area contributed by atoms with Crippen molar-refractivity contribution in [1.29, 1.82) is 0 Å². The second-order valence-electron chi connectivity index (χ2n) is 6.65. The van der Waals surface area contributed by atoms with Gasteiger partial charge in [0.05, 0.1) is 6.61 Å². The SMILES string of the molecule is Cc1ccc(C)c(C(CN)CCOc2ccc(C(C)C)cc2)c1. The minimum Gasteiger partial charge on any atom is -0.494 e. The van der Waals surface area contributed by atoms with E-state index >= 15 is 0 Å². The third kappa shape index (κ3) is 4.84. The van der Waals surface area contributed by atoms with Crippen LogP contribution >= 0.6 is 0 Å². The molecule has 0 amide bonds. The summed E-state index contributed by atoms with van der Waals surface area (Å²) in [5, 5.41) is 0. The lowest BCUT2D eigenvalue weighted by Crippen LogP contribution is -2.16. The van der Waals surface area contributed by atoms with Crippen LogP contribution in [0.1, 0.15) is 54.4 Å². The summed E-state index contributed by atoms with van der Waals surface area (Å²) in [5.41, 5.74) is 11.3. The van der Waals surface area contributed by atoms with E-state index in [2.05, 4.69) is 70.2 Å². The Morgan fingerprint density at radius 3 is 2.30 bits per heavy atom. The van der Waals surface area contributed by atoms with Gasteiger partial charge in [0.1, 0.15) is 5.75 Å². The quantitative estimate of drug-likeness (QED) is 0.786. The average molecular weight is 311 g/mol. The van der Waals surface area contributed by atoms with Crippen molar-refractivity contribution in [3.63, 3.8) is 0 Å². The Morgan fingerprint density at radius 1 is 1.00 bits per heavy atom. The second-order valence-corrected chi connectivity index (χ2v) is 6.65. The van der Waals surface area contributed by atoms with Gasteiger partial charge in [-0.15, -0.1) is 0 Å². The molecular formula is C21H29NO. The zero-order valence-electron chi connectivity index (χ0n) is 14.8. The molecule has 2 nitrogen and oxygen atoms in total. The first-order valence-electron chi connectivity index (χ1n) is 8.51. The highest BCUT2D eigenvalue weighted by atomic mass is 16.5. The summed E-state index contributed by atoms with van der Waals surface area (Å²) in [6, 6.07) is 15.0. The molecule has 0 bridgehead atoms. The highest BCUT2D eigenvalue weighted by molar-refractivity contribution is 5.33. The molecule has 0 saturated carbocycles. The summed E-state index contributed by atoms with van der Waals surface area (Å²) in [6.45, 7) is 10.0. The molecule has 2 aromatic rings. The van der Waals surface area contributed by atoms with Crippen LogP contribution < -0.4 is 10.5 Å². The number of nitrogens with two attached hydrogens (primary N) is 1. The maximum atomic E-state index is 6.00. The van der Waals surface area contributed by atoms with Crippen LogP contribution in [0.25, 0.3) is 0 Å². The average Bonchev–Trinajstić information content (AvgIpc) is 2.54. The zero-order valence-corrected chi connectivity index (χ0v) is 14.8. The standard InChI is InChI=1S/C21H29NO/c1-15(2)18-7-9-20(10-8-18)23-12-11-19(14-22)21-13-16(3)5-6-17(21)4/h5-10,13,15,19H,11-12,14,22H2,1-4H3. The molecule has 0 saturated heterocycles. The van der Waals surface area contributed by atoms with E-state index in [-0.39, 0.29) is 0 Å². The minimum absolute atomic E-state index is 0.352. The van der Waals surface area contributed by atoms with Crippen molar-refractivity contribution < 1.29 is 4.74 Å². The molecule has 0 spiro atoms. The summed E-state index contributed by atoms with van der Waals surface area (Å²) >= 11 is 0. The minimum atomic E-state index is 0.352. The van der Waals surface area contributed by atoms with Gasteiger partial charge in [-0.2, -0.15) is 0 Å². The molecular weight excluding hydrogens is 282 g/mol. The third-order valence-electron chi connectivity index (χ3n) is 4.44. The van der Waals surface area contributed by atoms with E-state index in [0.29, 0.717) is 25.0 Å². The lowest BCUT2D eigenvalue weighted by atomic mass is 9.91. The lowest BCUT2D eigenvalue weighted by Gasteiger charge is -2.19. The molecule has 0 heterocycles. The van der Waals surface area contributed by atoms with E-state index in [1.807, 2.05) is 0 Å². The van der Waals surface area contributed by atoms with Gasteiger partial charge in [-0.1, -0.05) is 49.7 Å². The number of hydrogen-bond donors (Lipinski definition) is 1. The predicted octanol–water partition coefficient (Wildman–Crippen LogP) is 4.94. The number of ether oxygens (including phenoxy) is 1. The van der Waals surface area contributed by atoms with Gasteiger partial charge < -0.3 is 10.5 Å². The van der Waals surface area contributed by atoms with Crippen LogP contribution in [0.4, 0.5) is 0 Å². The van der Waals surface area contributed by atoms with Crippen molar-refractivity contribution in [3.05, 3.63) is 64.7 Å². The molecule has 0 aliphatic heterocycles. The fourth-order valence-electron chi connectivity index (χ4n) is 2.87. The molecule has 0 radical (unpaired) electrons. The molecule has 23 heavy (non-hydrogen) atoms. The lowest BCUT2D eigenvalue weighted by molar-refractivity contribution is 0.298. The van der Waals surface area contributed by atoms with Crippen LogP contribution in [0.3, 0.4) is 0 Å². The van der Waals surface area contributed by atoms with Crippen LogP contribution in [-0.4, -0.2) is 13.2 Å². The highest BCUT2D eigenvalue weighted by Crippen LogP contribution is 2.24. The smallest absolute Gasteiger partial charge is 0.119 e. The van der Waals surface area contributed by atoms with Crippen LogP contribution in [0.5, 0.6) is 5.75 Å². The largest absolute Gasteiger partial charge is 0.494 e. The molecule has 1 atom stereocenters. The first-order valence-corrected chi connectivity index (χ1v) is 8.51. The number of hydrogen-bond acceptors (Lipinski definition) is 2. The first-order chi connectivity index (χ1) is 11.0. The number of benzene rings is 2. The summed E-state index contributed by atoms with van der Waals surface area (Å²) in [4.78, 5) is 0. The van der Waals surface area contributed by atoms with Crippen LogP contribution in [0.2, 0.25) is 0 Å². The van der Waals surface area contributed by atoms with Gasteiger partial charge in [0.2, 0.25) is 0 Å². The molecule has 0 aliphatic carbocycles. The van der Waals surface area contributed by atoms with Gasteiger partial charge in [-0.05, 0) is 67.5 Å². The molecule has 0 aliphatic rings. The van der Waals surface area contributed by atoms with Crippen molar-refractivity contribution in [3.8, 4) is 5.75 Å². The summed E-state index contributed by atoms with van der Waals surface area (Å²) < 4.78 is 5.91. The van der Waals surface area contributed by atoms with Crippen LogP contribution in [-0.2, 0) is 0 Å². The van der Waals surface area contributed by atoms with Crippen molar-refractivity contribution in [2.45, 2.75) is 46.0 Å². The normalized spacial score (nSPS) is 12.4. The summed E-state index contributed by atoms with van der Waals surface area (Å²) in [5.74, 6) is 1.84. The Labute approximate surface area is 140 Å². The summed E-state index contributed by atoms with van der Waals surface area (Å²) in [6.07, 6.45) is 0.937. The Kier molecular flexibility index (Phi) is 6.23. The molecule has 2 N–H and O–H groups in total. The molecule has 2 heteroatoms. The molecule has 2 aromatic carbocycles. The predicted molar refractivity (Wildman–Crippen MR) is 98.4 cm³/mol. The fraction of sp³-hybridized carbons (Fsp3) is 0.429. The van der Waals surface area contributed by atoms with Crippen LogP contribution in [0, 0.1) is 13.8 Å². The number of aryl methyl sites for hydroxylation is 2. The van der Waals surface area contributed by atoms with Gasteiger partial charge >= 0.3 is 0 Å². The van der Waals surface area contributed by atoms with Crippen molar-refractivity contribution >= 4 is 0 Å². The molecule has 0 aromatic heterocycles. The maximum absolute atomic E-state index is 6.00. The van der Waals surface area contributed by atoms with E-state index in [0.717, 1.165) is 12.2 Å². The van der Waals surface area contributed by atoms with Crippen molar-refractivity contribution in [2.75, 3.05) is 13.2 Å². The van der Waals surface area contributed by atoms with Gasteiger partial charge in [0, 0.05) is 0 Å². The van der Waals surface area contributed by atoms with E-state index in [9.17, 15) is 0 Å². The van der Waals surface area contributed by atoms with Crippen molar-refractivity contribution in [1.82, 2.24) is 0 Å². The molecule has 0 fully saturated rings. The Bertz CT molecular complexity index is 616. The second kappa shape index (κ2) is 8.16. The van der Waals surface area contributed by atoms with E-state index in [4.69, 9.17) is 10.5 Å². The highest BCUT2D eigenvalue weighted by Gasteiger charge is 2.13. The Hall–Kier alpha value is -1.80. The topological polar surface area (TPSA) is 35.2 Å².